The van der Waals surface area contributed by atoms with Crippen LogP contribution in [0, 0.1) is 6.92 Å². The predicted molar refractivity (Wildman–Crippen MR) is 141 cm³/mol. The summed E-state index contributed by atoms with van der Waals surface area (Å²) in [4.78, 5) is 0. The number of allylic oxidation sites excluding steroid dienone is 1. The number of rotatable bonds is 4. The number of benzene rings is 4. The summed E-state index contributed by atoms with van der Waals surface area (Å²) in [7, 11) is 0. The topological polar surface area (TPSA) is 0 Å². The van der Waals surface area contributed by atoms with E-state index in [9.17, 15) is 0 Å². The molecule has 0 aromatic heterocycles. The molecule has 1 aliphatic carbocycles. The minimum atomic E-state index is 0.0468. The molecule has 0 fully saturated rings. The van der Waals surface area contributed by atoms with E-state index in [2.05, 4.69) is 128 Å². The Bertz CT molecular complexity index is 1360. The van der Waals surface area contributed by atoms with Gasteiger partial charge in [-0.25, -0.2) is 0 Å². The van der Waals surface area contributed by atoms with Gasteiger partial charge in [0.25, 0.3) is 0 Å². The van der Waals surface area contributed by atoms with Crippen molar-refractivity contribution in [3.63, 3.8) is 0 Å². The van der Waals surface area contributed by atoms with Gasteiger partial charge in [0.1, 0.15) is 0 Å². The van der Waals surface area contributed by atoms with E-state index >= 15 is 0 Å². The summed E-state index contributed by atoms with van der Waals surface area (Å²) in [5.41, 5.74) is 13.0. The molecule has 0 amide bonds. The maximum absolute atomic E-state index is 4.52. The Morgan fingerprint density at radius 1 is 0.750 bits per heavy atom. The van der Waals surface area contributed by atoms with Crippen LogP contribution in [0.4, 0.5) is 0 Å². The van der Waals surface area contributed by atoms with Crippen LogP contribution in [0.3, 0.4) is 0 Å². The van der Waals surface area contributed by atoms with Crippen molar-refractivity contribution in [2.24, 2.45) is 0 Å². The monoisotopic (exact) mass is 478 g/mol. The van der Waals surface area contributed by atoms with E-state index in [1.54, 1.807) is 0 Å². The van der Waals surface area contributed by atoms with E-state index in [1.165, 1.54) is 50.1 Å². The van der Waals surface area contributed by atoms with E-state index in [0.29, 0.717) is 0 Å². The van der Waals surface area contributed by atoms with Crippen molar-refractivity contribution in [1.82, 2.24) is 0 Å². The van der Waals surface area contributed by atoms with Gasteiger partial charge in [-0.15, -0.1) is 0 Å². The van der Waals surface area contributed by atoms with E-state index in [4.69, 9.17) is 0 Å². The molecule has 5 rings (SSSR count). The van der Waals surface area contributed by atoms with Gasteiger partial charge in [0.15, 0.2) is 0 Å². The van der Waals surface area contributed by atoms with Crippen molar-refractivity contribution in [1.29, 1.82) is 0 Å². The molecule has 0 aliphatic heterocycles. The fourth-order valence-corrected chi connectivity index (χ4v) is 5.50. The largest absolute Gasteiger partial charge is 0.0949 e. The van der Waals surface area contributed by atoms with Gasteiger partial charge >= 0.3 is 0 Å². The SMILES string of the molecule is C=C(Cc1ccc2c(c1)-c1ccccc1C2(C)C)c1ccc(Br)cc1-c1ccccc1C. The second kappa shape index (κ2) is 7.90. The van der Waals surface area contributed by atoms with Gasteiger partial charge in [-0.1, -0.05) is 109 Å². The average Bonchev–Trinajstić information content (AvgIpc) is 3.01. The van der Waals surface area contributed by atoms with Gasteiger partial charge in [0.05, 0.1) is 0 Å². The molecule has 158 valence electrons. The third-order valence-corrected chi connectivity index (χ3v) is 7.36. The molecule has 0 unspecified atom stereocenters. The van der Waals surface area contributed by atoms with Gasteiger partial charge in [0.2, 0.25) is 0 Å². The summed E-state index contributed by atoms with van der Waals surface area (Å²) in [6.07, 6.45) is 0.830. The Kier molecular flexibility index (Phi) is 5.18. The Morgan fingerprint density at radius 3 is 2.22 bits per heavy atom. The highest BCUT2D eigenvalue weighted by Gasteiger charge is 2.34. The van der Waals surface area contributed by atoms with Gasteiger partial charge in [0, 0.05) is 9.89 Å². The molecule has 0 atom stereocenters. The van der Waals surface area contributed by atoms with Gasteiger partial charge < -0.3 is 0 Å². The average molecular weight is 479 g/mol. The first-order chi connectivity index (χ1) is 15.4. The van der Waals surface area contributed by atoms with Crippen LogP contribution in [-0.4, -0.2) is 0 Å². The Balaban J connectivity index is 1.53. The first-order valence-electron chi connectivity index (χ1n) is 11.1. The minimum absolute atomic E-state index is 0.0468. The van der Waals surface area contributed by atoms with E-state index < -0.39 is 0 Å². The zero-order chi connectivity index (χ0) is 22.5. The van der Waals surface area contributed by atoms with Crippen molar-refractivity contribution in [2.45, 2.75) is 32.6 Å². The first kappa shape index (κ1) is 21.0. The highest BCUT2D eigenvalue weighted by atomic mass is 79.9. The lowest BCUT2D eigenvalue weighted by molar-refractivity contribution is 0.660. The second-order valence-electron chi connectivity index (χ2n) is 9.34. The Morgan fingerprint density at radius 2 is 1.44 bits per heavy atom. The van der Waals surface area contributed by atoms with Crippen LogP contribution in [0.15, 0.2) is 96.0 Å². The van der Waals surface area contributed by atoms with Crippen LogP contribution in [0.2, 0.25) is 0 Å². The van der Waals surface area contributed by atoms with Crippen LogP contribution >= 0.6 is 15.9 Å². The van der Waals surface area contributed by atoms with Crippen LogP contribution in [0.1, 0.15) is 41.7 Å². The molecule has 32 heavy (non-hydrogen) atoms. The summed E-state index contributed by atoms with van der Waals surface area (Å²) < 4.78 is 1.09. The van der Waals surface area contributed by atoms with Gasteiger partial charge in [-0.3, -0.25) is 0 Å². The number of hydrogen-bond donors (Lipinski definition) is 0. The molecule has 0 spiro atoms. The molecule has 1 aliphatic rings. The van der Waals surface area contributed by atoms with Gasteiger partial charge in [-0.2, -0.15) is 0 Å². The van der Waals surface area contributed by atoms with E-state index in [1.807, 2.05) is 0 Å². The van der Waals surface area contributed by atoms with Crippen molar-refractivity contribution in [2.75, 3.05) is 0 Å². The van der Waals surface area contributed by atoms with Crippen LogP contribution in [-0.2, 0) is 11.8 Å². The fourth-order valence-electron chi connectivity index (χ4n) is 5.14. The lowest BCUT2D eigenvalue weighted by Crippen LogP contribution is -2.14. The van der Waals surface area contributed by atoms with Crippen molar-refractivity contribution < 1.29 is 0 Å². The maximum atomic E-state index is 4.52. The lowest BCUT2D eigenvalue weighted by atomic mass is 9.82. The quantitative estimate of drug-likeness (QED) is 0.274. The lowest BCUT2D eigenvalue weighted by Gasteiger charge is -2.21. The summed E-state index contributed by atoms with van der Waals surface area (Å²) >= 11 is 3.66. The van der Waals surface area contributed by atoms with Crippen LogP contribution < -0.4 is 0 Å². The maximum Gasteiger partial charge on any atom is 0.0181 e. The number of aryl methyl sites for hydroxylation is 1. The molecule has 0 nitrogen and oxygen atoms in total. The molecular formula is C31H27Br. The molecule has 0 radical (unpaired) electrons. The van der Waals surface area contributed by atoms with Crippen LogP contribution in [0.25, 0.3) is 27.8 Å². The molecule has 4 aromatic carbocycles. The van der Waals surface area contributed by atoms with Gasteiger partial charge in [-0.05, 0) is 81.1 Å². The summed E-state index contributed by atoms with van der Waals surface area (Å²) in [5, 5.41) is 0. The number of hydrogen-bond acceptors (Lipinski definition) is 0. The number of fused-ring (bicyclic) bond motifs is 3. The van der Waals surface area contributed by atoms with E-state index in [-0.39, 0.29) is 5.41 Å². The molecule has 1 heteroatoms. The highest BCUT2D eigenvalue weighted by Crippen LogP contribution is 2.48. The molecule has 0 bridgehead atoms. The predicted octanol–water partition coefficient (Wildman–Crippen LogP) is 8.99. The Hall–Kier alpha value is -2.90. The molecule has 0 saturated heterocycles. The summed E-state index contributed by atoms with van der Waals surface area (Å²) in [6.45, 7) is 11.3. The second-order valence-corrected chi connectivity index (χ2v) is 10.3. The standard InChI is InChI=1S/C31H27Br/c1-20-9-5-6-10-24(20)27-19-23(32)14-15-25(27)21(2)17-22-13-16-30-28(18-22)26-11-7-8-12-29(26)31(30,3)4/h5-16,18-19H,2,17H2,1,3-4H3. The number of halogens is 1. The fraction of sp³-hybridized carbons (Fsp3) is 0.161. The van der Waals surface area contributed by atoms with Crippen molar-refractivity contribution in [3.8, 4) is 22.3 Å². The van der Waals surface area contributed by atoms with Crippen molar-refractivity contribution in [3.05, 3.63) is 124 Å². The smallest absolute Gasteiger partial charge is 0.0181 e. The van der Waals surface area contributed by atoms with E-state index in [0.717, 1.165) is 16.5 Å². The summed E-state index contributed by atoms with van der Waals surface area (Å²) in [5.74, 6) is 0. The molecule has 0 saturated carbocycles. The Labute approximate surface area is 199 Å². The normalized spacial score (nSPS) is 13.5. The van der Waals surface area contributed by atoms with Crippen LogP contribution in [0.5, 0.6) is 0 Å². The summed E-state index contributed by atoms with van der Waals surface area (Å²) in [6, 6.07) is 30.9. The van der Waals surface area contributed by atoms with Crippen molar-refractivity contribution >= 4 is 21.5 Å². The zero-order valence-corrected chi connectivity index (χ0v) is 20.5. The first-order valence-corrected chi connectivity index (χ1v) is 11.9. The third kappa shape index (κ3) is 3.45. The third-order valence-electron chi connectivity index (χ3n) is 6.86. The highest BCUT2D eigenvalue weighted by molar-refractivity contribution is 9.10. The molecule has 0 heterocycles. The molecular weight excluding hydrogens is 452 g/mol. The molecule has 0 N–H and O–H groups in total. The minimum Gasteiger partial charge on any atom is -0.0949 e. The molecule has 4 aromatic rings. The zero-order valence-electron chi connectivity index (χ0n) is 18.9.